The molecule has 2 aliphatic heterocycles. The second-order valence-electron chi connectivity index (χ2n) is 14.4. The normalized spacial score (nSPS) is 13.6. The first-order chi connectivity index (χ1) is 21.7. The third kappa shape index (κ3) is 4.61. The topological polar surface area (TPSA) is 3.24 Å². The third-order valence-corrected chi connectivity index (χ3v) is 10.3. The number of benzene rings is 5. The van der Waals surface area contributed by atoms with Crippen molar-refractivity contribution in [1.82, 2.24) is 0 Å². The molecule has 2 aliphatic rings. The molecule has 224 valence electrons. The average Bonchev–Trinajstić information content (AvgIpc) is 3.03. The molecule has 0 fully saturated rings. The highest BCUT2D eigenvalue weighted by atomic mass is 15.2. The lowest BCUT2D eigenvalue weighted by atomic mass is 9.29. The lowest BCUT2D eigenvalue weighted by Crippen LogP contribution is -2.66. The molecule has 0 saturated carbocycles. The molecule has 0 spiro atoms. The van der Waals surface area contributed by atoms with Crippen molar-refractivity contribution in [3.05, 3.63) is 125 Å². The van der Waals surface area contributed by atoms with Crippen molar-refractivity contribution < 1.29 is 0 Å². The summed E-state index contributed by atoms with van der Waals surface area (Å²) in [6, 6.07) is 39.7. The summed E-state index contributed by atoms with van der Waals surface area (Å²) in [5.41, 5.74) is 18.5. The summed E-state index contributed by atoms with van der Waals surface area (Å²) in [7, 11) is 0. The van der Waals surface area contributed by atoms with Crippen molar-refractivity contribution in [2.24, 2.45) is 0 Å². The van der Waals surface area contributed by atoms with Gasteiger partial charge in [-0.25, -0.2) is 0 Å². The molecule has 0 bridgehead atoms. The highest BCUT2D eigenvalue weighted by Gasteiger charge is 2.45. The van der Waals surface area contributed by atoms with Crippen molar-refractivity contribution in [3.63, 3.8) is 0 Å². The van der Waals surface area contributed by atoms with Crippen LogP contribution < -0.4 is 37.7 Å². The summed E-state index contributed by atoms with van der Waals surface area (Å²) in [4.78, 5) is 2.60. The van der Waals surface area contributed by atoms with Crippen LogP contribution in [0.25, 0.3) is 0 Å². The maximum Gasteiger partial charge on any atom is 0.247 e. The zero-order valence-corrected chi connectivity index (χ0v) is 28.2. The van der Waals surface area contributed by atoms with Gasteiger partial charge in [0.25, 0.3) is 0 Å². The van der Waals surface area contributed by atoms with Gasteiger partial charge in [-0.05, 0) is 79.9 Å². The van der Waals surface area contributed by atoms with Crippen LogP contribution in [0.2, 0.25) is 0 Å². The van der Waals surface area contributed by atoms with Crippen LogP contribution in [0.5, 0.6) is 0 Å². The van der Waals surface area contributed by atoms with Crippen molar-refractivity contribution in [3.8, 4) is 0 Å². The highest BCUT2D eigenvalue weighted by molar-refractivity contribution is 7.02. The minimum atomic E-state index is 0.166. The number of fused-ring (bicyclic) bond motifs is 4. The van der Waals surface area contributed by atoms with Crippen LogP contribution in [-0.2, 0) is 0 Å². The summed E-state index contributed by atoms with van der Waals surface area (Å²) >= 11 is 0. The summed E-state index contributed by atoms with van der Waals surface area (Å²) in [5, 5.41) is 0. The van der Waals surface area contributed by atoms with E-state index < -0.39 is 0 Å². The van der Waals surface area contributed by atoms with Gasteiger partial charge < -0.3 is 4.90 Å². The van der Waals surface area contributed by atoms with Gasteiger partial charge >= 0.3 is 0 Å². The lowest BCUT2D eigenvalue weighted by molar-refractivity contribution is 0.845. The van der Waals surface area contributed by atoms with Crippen LogP contribution in [0.15, 0.2) is 103 Å². The number of para-hydroxylation sites is 3. The molecule has 0 radical (unpaired) electrons. The van der Waals surface area contributed by atoms with E-state index in [1.807, 2.05) is 0 Å². The average molecular weight is 585 g/mol. The molecule has 0 amide bonds. The molecule has 1 nitrogen and oxygen atoms in total. The van der Waals surface area contributed by atoms with Gasteiger partial charge in [0.2, 0.25) is 13.4 Å². The van der Waals surface area contributed by atoms with Gasteiger partial charge in [0, 0.05) is 17.1 Å². The predicted octanol–water partition coefficient (Wildman–Crippen LogP) is 7.31. The molecule has 0 N–H and O–H groups in total. The molecule has 2 heterocycles. The highest BCUT2D eigenvalue weighted by Crippen LogP contribution is 2.38. The first kappa shape index (κ1) is 29.7. The number of hydrogen-bond donors (Lipinski definition) is 0. The smallest absolute Gasteiger partial charge is 0.247 e. The second-order valence-corrected chi connectivity index (χ2v) is 14.4. The van der Waals surface area contributed by atoms with Crippen LogP contribution in [0.4, 0.5) is 17.1 Å². The number of anilines is 3. The van der Waals surface area contributed by atoms with Gasteiger partial charge in [-0.3, -0.25) is 0 Å². The van der Waals surface area contributed by atoms with Gasteiger partial charge in [-0.1, -0.05) is 157 Å². The molecule has 0 aliphatic carbocycles. The molecule has 45 heavy (non-hydrogen) atoms. The molecule has 5 aromatic rings. The molecule has 5 aromatic carbocycles. The van der Waals surface area contributed by atoms with E-state index in [4.69, 9.17) is 0 Å². The standard InChI is InChI=1S/C42H45B2N/c1-26(2)30-16-13-17-31(27(3)4)40(30)43-34-20-9-11-24-38(34)45-39-25-12-10-21-35(39)44(37-23-15-22-36(43)42(37)45)41-32(28(5)6)18-14-19-33(41)29(7)8/h9-29H,1-8H3. The summed E-state index contributed by atoms with van der Waals surface area (Å²) in [5.74, 6) is 1.73. The fourth-order valence-corrected chi connectivity index (χ4v) is 8.39. The van der Waals surface area contributed by atoms with Gasteiger partial charge in [-0.15, -0.1) is 0 Å². The van der Waals surface area contributed by atoms with E-state index in [1.165, 1.54) is 72.1 Å². The number of rotatable bonds is 6. The number of nitrogens with zero attached hydrogens (tertiary/aromatic N) is 1. The maximum absolute atomic E-state index is 2.60. The maximum atomic E-state index is 2.60. The van der Waals surface area contributed by atoms with Crippen molar-refractivity contribution >= 4 is 63.3 Å². The van der Waals surface area contributed by atoms with Gasteiger partial charge in [-0.2, -0.15) is 0 Å². The zero-order chi connectivity index (χ0) is 31.6. The minimum absolute atomic E-state index is 0.166. The molecular formula is C42H45B2N. The van der Waals surface area contributed by atoms with Crippen molar-refractivity contribution in [2.75, 3.05) is 4.90 Å². The Labute approximate surface area is 271 Å². The SMILES string of the molecule is CC(C)c1cccc(C(C)C)c1B1c2ccccc2N2c3ccccc3B(c3c(C(C)C)cccc3C(C)C)c3cccc1c32. The fraction of sp³-hybridized carbons (Fsp3) is 0.286. The Morgan fingerprint density at radius 1 is 0.378 bits per heavy atom. The van der Waals surface area contributed by atoms with Crippen molar-refractivity contribution in [2.45, 2.75) is 79.1 Å². The van der Waals surface area contributed by atoms with Gasteiger partial charge in [0.1, 0.15) is 0 Å². The molecule has 0 atom stereocenters. The fourth-order valence-electron chi connectivity index (χ4n) is 8.39. The Kier molecular flexibility index (Phi) is 7.55. The predicted molar refractivity (Wildman–Crippen MR) is 200 cm³/mol. The Bertz CT molecular complexity index is 1710. The van der Waals surface area contributed by atoms with Crippen LogP contribution >= 0.6 is 0 Å². The Morgan fingerprint density at radius 3 is 1.04 bits per heavy atom. The van der Waals surface area contributed by atoms with E-state index in [-0.39, 0.29) is 13.4 Å². The monoisotopic (exact) mass is 585 g/mol. The van der Waals surface area contributed by atoms with Crippen LogP contribution in [0.3, 0.4) is 0 Å². The molecule has 0 unspecified atom stereocenters. The minimum Gasteiger partial charge on any atom is -0.313 e. The quantitative estimate of drug-likeness (QED) is 0.185. The Balaban J connectivity index is 1.61. The van der Waals surface area contributed by atoms with E-state index in [2.05, 4.69) is 163 Å². The number of hydrogen-bond acceptors (Lipinski definition) is 1. The molecule has 7 rings (SSSR count). The molecule has 0 saturated heterocycles. The second kappa shape index (κ2) is 11.4. The van der Waals surface area contributed by atoms with Gasteiger partial charge in [0.05, 0.1) is 0 Å². The molecular weight excluding hydrogens is 540 g/mol. The molecule has 3 heteroatoms. The van der Waals surface area contributed by atoms with E-state index in [1.54, 1.807) is 0 Å². The third-order valence-electron chi connectivity index (χ3n) is 10.3. The lowest BCUT2D eigenvalue weighted by Gasteiger charge is -2.45. The largest absolute Gasteiger partial charge is 0.313 e. The van der Waals surface area contributed by atoms with Crippen molar-refractivity contribution in [1.29, 1.82) is 0 Å². The van der Waals surface area contributed by atoms with E-state index in [0.29, 0.717) is 23.7 Å². The summed E-state index contributed by atoms with van der Waals surface area (Å²) < 4.78 is 0. The van der Waals surface area contributed by atoms with Crippen LogP contribution in [-0.4, -0.2) is 13.4 Å². The van der Waals surface area contributed by atoms with Crippen LogP contribution in [0, 0.1) is 0 Å². The zero-order valence-electron chi connectivity index (χ0n) is 28.2. The molecule has 0 aromatic heterocycles. The van der Waals surface area contributed by atoms with Crippen LogP contribution in [0.1, 0.15) is 101 Å². The van der Waals surface area contributed by atoms with E-state index in [9.17, 15) is 0 Å². The van der Waals surface area contributed by atoms with Gasteiger partial charge in [0.15, 0.2) is 0 Å². The summed E-state index contributed by atoms with van der Waals surface area (Å²) in [6.45, 7) is 19.2. The summed E-state index contributed by atoms with van der Waals surface area (Å²) in [6.07, 6.45) is 0. The first-order valence-electron chi connectivity index (χ1n) is 17.1. The Morgan fingerprint density at radius 2 is 0.689 bits per heavy atom. The van der Waals surface area contributed by atoms with E-state index in [0.717, 1.165) is 0 Å². The Hall–Kier alpha value is -3.97. The van der Waals surface area contributed by atoms with E-state index >= 15 is 0 Å². The first-order valence-corrected chi connectivity index (χ1v) is 17.1.